The molecule has 1 amide bonds. The lowest BCUT2D eigenvalue weighted by Crippen LogP contribution is -2.29. The molecule has 7 nitrogen and oxygen atoms in total. The lowest BCUT2D eigenvalue weighted by Gasteiger charge is -2.12. The predicted octanol–water partition coefficient (Wildman–Crippen LogP) is 6.68. The van der Waals surface area contributed by atoms with Crippen molar-refractivity contribution >= 4 is 38.9 Å². The molecule has 0 unspecified atom stereocenters. The van der Waals surface area contributed by atoms with Gasteiger partial charge in [-0.25, -0.2) is 0 Å². The highest BCUT2D eigenvalue weighted by atomic mass is 32.2. The van der Waals surface area contributed by atoms with Gasteiger partial charge in [-0.2, -0.15) is 8.42 Å². The van der Waals surface area contributed by atoms with E-state index in [1.165, 1.54) is 30.6 Å². The number of likely N-dealkylation sites (N-methyl/N-ethyl adjacent to an activating group) is 1. The number of benzene rings is 2. The van der Waals surface area contributed by atoms with Crippen molar-refractivity contribution in [3.05, 3.63) is 58.5 Å². The van der Waals surface area contributed by atoms with Gasteiger partial charge in [0.2, 0.25) is 0 Å². The third kappa shape index (κ3) is 7.86. The second-order valence-electron chi connectivity index (χ2n) is 9.03. The van der Waals surface area contributed by atoms with Gasteiger partial charge in [-0.3, -0.25) is 9.69 Å². The number of thioether (sulfide) groups is 1. The van der Waals surface area contributed by atoms with E-state index in [-0.39, 0.29) is 16.0 Å². The van der Waals surface area contributed by atoms with Crippen LogP contribution < -0.4 is 9.47 Å². The zero-order chi connectivity index (χ0) is 27.5. The molecule has 0 aliphatic carbocycles. The minimum Gasteiger partial charge on any atom is -0.493 e. The maximum absolute atomic E-state index is 13.1. The van der Waals surface area contributed by atoms with Crippen LogP contribution in [0.4, 0.5) is 0 Å². The van der Waals surface area contributed by atoms with Crippen LogP contribution in [0.1, 0.15) is 70.4 Å². The highest BCUT2D eigenvalue weighted by Crippen LogP contribution is 2.35. The summed E-state index contributed by atoms with van der Waals surface area (Å²) >= 11 is 1.06. The van der Waals surface area contributed by atoms with Crippen LogP contribution in [0.3, 0.4) is 0 Å². The van der Waals surface area contributed by atoms with E-state index in [4.69, 9.17) is 9.47 Å². The van der Waals surface area contributed by atoms with E-state index in [1.807, 2.05) is 25.1 Å². The summed E-state index contributed by atoms with van der Waals surface area (Å²) in [5.74, 6) is 0.962. The van der Waals surface area contributed by atoms with Gasteiger partial charge < -0.3 is 9.47 Å². The molecule has 0 saturated carbocycles. The van der Waals surface area contributed by atoms with Crippen molar-refractivity contribution in [3.63, 3.8) is 0 Å². The summed E-state index contributed by atoms with van der Waals surface area (Å²) in [6, 6.07) is 12.2. The predicted molar refractivity (Wildman–Crippen MR) is 155 cm³/mol. The van der Waals surface area contributed by atoms with Crippen LogP contribution in [0.2, 0.25) is 0 Å². The fraction of sp³-hybridized carbons (Fsp3) is 0.448. The summed E-state index contributed by atoms with van der Waals surface area (Å²) in [4.78, 5) is 15.0. The third-order valence-corrected chi connectivity index (χ3v) is 8.68. The molecule has 1 aliphatic heterocycles. The van der Waals surface area contributed by atoms with Gasteiger partial charge in [-0.1, -0.05) is 64.2 Å². The first-order valence-electron chi connectivity index (χ1n) is 13.3. The number of sulfonamides is 1. The number of carbonyl (C=O) groups is 1. The highest BCUT2D eigenvalue weighted by molar-refractivity contribution is 8.19. The second kappa shape index (κ2) is 14.4. The molecule has 1 aliphatic rings. The molecule has 1 fully saturated rings. The molecule has 0 N–H and O–H groups in total. The van der Waals surface area contributed by atoms with Crippen molar-refractivity contribution in [2.75, 3.05) is 20.3 Å². The average Bonchev–Trinajstić information content (AvgIpc) is 3.20. The van der Waals surface area contributed by atoms with Gasteiger partial charge in [-0.05, 0) is 73.0 Å². The molecule has 2 aromatic rings. The average molecular weight is 559 g/mol. The van der Waals surface area contributed by atoms with E-state index in [0.717, 1.165) is 42.2 Å². The van der Waals surface area contributed by atoms with Crippen LogP contribution in [0, 0.1) is 0 Å². The van der Waals surface area contributed by atoms with Gasteiger partial charge in [0, 0.05) is 6.54 Å². The first kappa shape index (κ1) is 29.8. The maximum Gasteiger partial charge on any atom is 0.284 e. The van der Waals surface area contributed by atoms with Crippen molar-refractivity contribution in [1.82, 2.24) is 4.90 Å². The zero-order valence-electron chi connectivity index (χ0n) is 22.7. The molecule has 0 aromatic heterocycles. The molecule has 0 atom stereocenters. The van der Waals surface area contributed by atoms with Gasteiger partial charge in [-0.15, -0.1) is 4.40 Å². The fourth-order valence-corrected chi connectivity index (χ4v) is 6.26. The molecule has 3 rings (SSSR count). The Morgan fingerprint density at radius 2 is 1.66 bits per heavy atom. The van der Waals surface area contributed by atoms with E-state index in [9.17, 15) is 13.2 Å². The molecule has 0 spiro atoms. The molecule has 1 saturated heterocycles. The van der Waals surface area contributed by atoms with E-state index in [0.29, 0.717) is 29.6 Å². The minimum atomic E-state index is -3.96. The molecule has 1 heterocycles. The number of nitrogens with zero attached hydrogens (tertiary/aromatic N) is 2. The van der Waals surface area contributed by atoms with Crippen LogP contribution in [-0.2, 0) is 21.2 Å². The SMILES string of the molecule is CCCCCCCCOc1cc(C=C2SC(=NS(=O)(=O)c3ccc(CC)cc3)N(CC)C2=O)ccc1OC. The number of carbonyl (C=O) groups excluding carboxylic acids is 1. The first-order chi connectivity index (χ1) is 18.3. The topological polar surface area (TPSA) is 85.3 Å². The lowest BCUT2D eigenvalue weighted by atomic mass is 10.1. The number of rotatable bonds is 14. The van der Waals surface area contributed by atoms with Crippen LogP contribution in [-0.4, -0.2) is 44.7 Å². The summed E-state index contributed by atoms with van der Waals surface area (Å²) in [6.45, 7) is 6.90. The van der Waals surface area contributed by atoms with Gasteiger partial charge in [0.25, 0.3) is 15.9 Å². The molecule has 0 radical (unpaired) electrons. The Morgan fingerprint density at radius 1 is 0.947 bits per heavy atom. The summed E-state index contributed by atoms with van der Waals surface area (Å²) in [7, 11) is -2.36. The van der Waals surface area contributed by atoms with Gasteiger partial charge in [0.1, 0.15) is 0 Å². The van der Waals surface area contributed by atoms with Gasteiger partial charge >= 0.3 is 0 Å². The molecule has 2 aromatic carbocycles. The highest BCUT2D eigenvalue weighted by Gasteiger charge is 2.34. The smallest absolute Gasteiger partial charge is 0.284 e. The lowest BCUT2D eigenvalue weighted by molar-refractivity contribution is -0.122. The Balaban J connectivity index is 1.77. The standard InChI is InChI=1S/C29H38N2O5S2/c1-5-8-9-10-11-12-19-36-26-20-23(15-18-25(26)35-4)21-27-28(32)31(7-3)29(37-27)30-38(33,34)24-16-13-22(6-2)14-17-24/h13-18,20-21H,5-12,19H2,1-4H3. The number of unbranched alkanes of at least 4 members (excludes halogenated alkanes) is 5. The normalized spacial score (nSPS) is 16.0. The fourth-order valence-electron chi connectivity index (χ4n) is 4.02. The second-order valence-corrected chi connectivity index (χ2v) is 11.6. The third-order valence-electron chi connectivity index (χ3n) is 6.27. The molecular weight excluding hydrogens is 520 g/mol. The number of amidine groups is 1. The summed E-state index contributed by atoms with van der Waals surface area (Å²) in [6.07, 6.45) is 9.58. The summed E-state index contributed by atoms with van der Waals surface area (Å²) < 4.78 is 41.4. The van der Waals surface area contributed by atoms with E-state index >= 15 is 0 Å². The molecule has 9 heteroatoms. The summed E-state index contributed by atoms with van der Waals surface area (Å²) in [5, 5.41) is 0.149. The number of hydrogen-bond acceptors (Lipinski definition) is 6. The van der Waals surface area contributed by atoms with Crippen LogP contribution in [0.5, 0.6) is 11.5 Å². The molecule has 0 bridgehead atoms. The molecular formula is C29H38N2O5S2. The first-order valence-corrected chi connectivity index (χ1v) is 15.5. The summed E-state index contributed by atoms with van der Waals surface area (Å²) in [5.41, 5.74) is 1.80. The van der Waals surface area contributed by atoms with Gasteiger partial charge in [0.15, 0.2) is 16.7 Å². The van der Waals surface area contributed by atoms with Crippen molar-refractivity contribution in [1.29, 1.82) is 0 Å². The minimum absolute atomic E-state index is 0.103. The maximum atomic E-state index is 13.1. The van der Waals surface area contributed by atoms with Crippen molar-refractivity contribution in [2.45, 2.75) is 70.6 Å². The Bertz CT molecular complexity index is 1250. The molecule has 38 heavy (non-hydrogen) atoms. The van der Waals surface area contributed by atoms with E-state index in [1.54, 1.807) is 44.4 Å². The Hall–Kier alpha value is -2.78. The number of methoxy groups -OCH3 is 1. The van der Waals surface area contributed by atoms with Crippen molar-refractivity contribution in [2.24, 2.45) is 4.40 Å². The molecule has 206 valence electrons. The Morgan fingerprint density at radius 3 is 2.32 bits per heavy atom. The van der Waals surface area contributed by atoms with Crippen molar-refractivity contribution < 1.29 is 22.7 Å². The Labute approximate surface area is 231 Å². The van der Waals surface area contributed by atoms with Crippen LogP contribution >= 0.6 is 11.8 Å². The Kier molecular flexibility index (Phi) is 11.3. The quantitative estimate of drug-likeness (QED) is 0.190. The number of ether oxygens (including phenoxy) is 2. The van der Waals surface area contributed by atoms with Crippen LogP contribution in [0.15, 0.2) is 56.7 Å². The van der Waals surface area contributed by atoms with E-state index < -0.39 is 10.0 Å². The largest absolute Gasteiger partial charge is 0.493 e. The monoisotopic (exact) mass is 558 g/mol. The van der Waals surface area contributed by atoms with Crippen molar-refractivity contribution in [3.8, 4) is 11.5 Å². The number of aryl methyl sites for hydroxylation is 1. The van der Waals surface area contributed by atoms with Crippen LogP contribution in [0.25, 0.3) is 6.08 Å². The number of hydrogen-bond donors (Lipinski definition) is 0. The van der Waals surface area contributed by atoms with Gasteiger partial charge in [0.05, 0.1) is 23.5 Å². The number of amides is 1. The zero-order valence-corrected chi connectivity index (χ0v) is 24.4. The van der Waals surface area contributed by atoms with E-state index in [2.05, 4.69) is 11.3 Å².